The molecule has 1 saturated heterocycles. The first kappa shape index (κ1) is 17.1. The molecule has 3 rings (SSSR count). The van der Waals surface area contributed by atoms with Crippen molar-refractivity contribution in [3.63, 3.8) is 0 Å². The quantitative estimate of drug-likeness (QED) is 0.933. The molecule has 0 radical (unpaired) electrons. The van der Waals surface area contributed by atoms with Gasteiger partial charge in [-0.15, -0.1) is 0 Å². The second-order valence-electron chi connectivity index (χ2n) is 5.85. The first-order chi connectivity index (χ1) is 12.1. The Morgan fingerprint density at radius 1 is 1.04 bits per heavy atom. The van der Waals surface area contributed by atoms with Gasteiger partial charge in [-0.25, -0.2) is 4.39 Å². The normalized spacial score (nSPS) is 14.2. The largest absolute Gasteiger partial charge is 0.378 e. The number of anilines is 1. The van der Waals surface area contributed by atoms with Crippen LogP contribution in [0.4, 0.5) is 10.1 Å². The van der Waals surface area contributed by atoms with Crippen molar-refractivity contribution in [2.75, 3.05) is 31.6 Å². The lowest BCUT2D eigenvalue weighted by atomic mass is 10.1. The van der Waals surface area contributed by atoms with Crippen LogP contribution in [0.25, 0.3) is 0 Å². The molecule has 2 aromatic carbocycles. The molecule has 130 valence electrons. The Hall–Kier alpha value is -2.73. The predicted molar refractivity (Wildman–Crippen MR) is 92.3 cm³/mol. The van der Waals surface area contributed by atoms with Gasteiger partial charge in [0.2, 0.25) is 0 Å². The summed E-state index contributed by atoms with van der Waals surface area (Å²) in [6.07, 6.45) is 0. The van der Waals surface area contributed by atoms with E-state index in [-0.39, 0.29) is 17.6 Å². The summed E-state index contributed by atoms with van der Waals surface area (Å²) in [4.78, 5) is 26.4. The van der Waals surface area contributed by atoms with Gasteiger partial charge in [-0.3, -0.25) is 9.59 Å². The number of nitrogens with zero attached hydrogens (tertiary/aromatic N) is 1. The van der Waals surface area contributed by atoms with Crippen LogP contribution in [0.3, 0.4) is 0 Å². The average molecular weight is 342 g/mol. The first-order valence-electron chi connectivity index (χ1n) is 8.10. The smallest absolute Gasteiger partial charge is 0.255 e. The second-order valence-corrected chi connectivity index (χ2v) is 5.85. The molecule has 1 aliphatic heterocycles. The van der Waals surface area contributed by atoms with Gasteiger partial charge in [-0.2, -0.15) is 0 Å². The Kier molecular flexibility index (Phi) is 5.09. The monoisotopic (exact) mass is 342 g/mol. The SMILES string of the molecule is Cc1c(F)cccc1NC(=O)c1ccc(C(=O)N2CCOCC2)cc1. The standard InChI is InChI=1S/C19H19FN2O3/c1-13-16(20)3-2-4-17(13)21-18(23)14-5-7-15(8-6-14)19(24)22-9-11-25-12-10-22/h2-8H,9-12H2,1H3,(H,21,23). The molecule has 0 aromatic heterocycles. The highest BCUT2D eigenvalue weighted by Gasteiger charge is 2.19. The Morgan fingerprint density at radius 3 is 2.36 bits per heavy atom. The van der Waals surface area contributed by atoms with E-state index in [9.17, 15) is 14.0 Å². The van der Waals surface area contributed by atoms with Crippen molar-refractivity contribution in [2.24, 2.45) is 0 Å². The maximum atomic E-state index is 13.5. The number of nitrogens with one attached hydrogen (secondary N) is 1. The summed E-state index contributed by atoms with van der Waals surface area (Å²) >= 11 is 0. The number of amides is 2. The summed E-state index contributed by atoms with van der Waals surface area (Å²) in [7, 11) is 0. The number of halogens is 1. The van der Waals surface area contributed by atoms with Crippen LogP contribution in [0.2, 0.25) is 0 Å². The molecule has 5 nitrogen and oxygen atoms in total. The van der Waals surface area contributed by atoms with Crippen molar-refractivity contribution in [3.8, 4) is 0 Å². The van der Waals surface area contributed by atoms with Gasteiger partial charge in [-0.1, -0.05) is 6.07 Å². The molecule has 0 spiro atoms. The van der Waals surface area contributed by atoms with E-state index in [2.05, 4.69) is 5.32 Å². The predicted octanol–water partition coefficient (Wildman–Crippen LogP) is 2.86. The van der Waals surface area contributed by atoms with E-state index in [0.717, 1.165) is 0 Å². The summed E-state index contributed by atoms with van der Waals surface area (Å²) < 4.78 is 18.8. The second kappa shape index (κ2) is 7.44. The number of morpholine rings is 1. The average Bonchev–Trinajstić information content (AvgIpc) is 2.65. The fourth-order valence-electron chi connectivity index (χ4n) is 2.65. The Bertz CT molecular complexity index is 784. The molecule has 0 unspecified atom stereocenters. The van der Waals surface area contributed by atoms with Crippen molar-refractivity contribution in [1.29, 1.82) is 0 Å². The third-order valence-corrected chi connectivity index (χ3v) is 4.21. The zero-order valence-corrected chi connectivity index (χ0v) is 13.9. The van der Waals surface area contributed by atoms with Gasteiger partial charge in [-0.05, 0) is 43.3 Å². The van der Waals surface area contributed by atoms with E-state index in [1.165, 1.54) is 6.07 Å². The van der Waals surface area contributed by atoms with Crippen LogP contribution in [-0.4, -0.2) is 43.0 Å². The minimum absolute atomic E-state index is 0.0729. The fraction of sp³-hybridized carbons (Fsp3) is 0.263. The van der Waals surface area contributed by atoms with E-state index in [0.29, 0.717) is 48.7 Å². The van der Waals surface area contributed by atoms with Gasteiger partial charge < -0.3 is 15.0 Å². The molecule has 0 saturated carbocycles. The number of carbonyl (C=O) groups is 2. The summed E-state index contributed by atoms with van der Waals surface area (Å²) in [6.45, 7) is 3.83. The van der Waals surface area contributed by atoms with Crippen molar-refractivity contribution >= 4 is 17.5 Å². The highest BCUT2D eigenvalue weighted by Crippen LogP contribution is 2.18. The molecular weight excluding hydrogens is 323 g/mol. The van der Waals surface area contributed by atoms with E-state index < -0.39 is 0 Å². The maximum absolute atomic E-state index is 13.5. The van der Waals surface area contributed by atoms with Gasteiger partial charge in [0, 0.05) is 35.5 Å². The summed E-state index contributed by atoms with van der Waals surface area (Å²) in [6, 6.07) is 11.0. The van der Waals surface area contributed by atoms with Crippen molar-refractivity contribution in [1.82, 2.24) is 4.90 Å². The zero-order valence-electron chi connectivity index (χ0n) is 13.9. The van der Waals surface area contributed by atoms with Crippen LogP contribution in [0.15, 0.2) is 42.5 Å². The Labute approximate surface area is 145 Å². The molecule has 1 fully saturated rings. The number of ether oxygens (including phenoxy) is 1. The fourth-order valence-corrected chi connectivity index (χ4v) is 2.65. The van der Waals surface area contributed by atoms with Gasteiger partial charge in [0.1, 0.15) is 5.82 Å². The maximum Gasteiger partial charge on any atom is 0.255 e. The molecule has 0 bridgehead atoms. The van der Waals surface area contributed by atoms with Gasteiger partial charge in [0.25, 0.3) is 11.8 Å². The number of hydrogen-bond donors (Lipinski definition) is 1. The van der Waals surface area contributed by atoms with Crippen LogP contribution in [-0.2, 0) is 4.74 Å². The molecule has 2 aromatic rings. The minimum atomic E-state index is -0.371. The molecule has 1 heterocycles. The van der Waals surface area contributed by atoms with Crippen LogP contribution in [0, 0.1) is 12.7 Å². The molecular formula is C19H19FN2O3. The highest BCUT2D eigenvalue weighted by molar-refractivity contribution is 6.05. The van der Waals surface area contributed by atoms with Gasteiger partial charge >= 0.3 is 0 Å². The van der Waals surface area contributed by atoms with Crippen molar-refractivity contribution in [2.45, 2.75) is 6.92 Å². The lowest BCUT2D eigenvalue weighted by Crippen LogP contribution is -2.40. The highest BCUT2D eigenvalue weighted by atomic mass is 19.1. The van der Waals surface area contributed by atoms with Crippen LogP contribution in [0.1, 0.15) is 26.3 Å². The molecule has 0 atom stereocenters. The lowest BCUT2D eigenvalue weighted by Gasteiger charge is -2.26. The van der Waals surface area contributed by atoms with Gasteiger partial charge in [0.15, 0.2) is 0 Å². The number of carbonyl (C=O) groups excluding carboxylic acids is 2. The minimum Gasteiger partial charge on any atom is -0.378 e. The van der Waals surface area contributed by atoms with Crippen molar-refractivity contribution < 1.29 is 18.7 Å². The zero-order chi connectivity index (χ0) is 17.8. The van der Waals surface area contributed by atoms with Gasteiger partial charge in [0.05, 0.1) is 13.2 Å². The topological polar surface area (TPSA) is 58.6 Å². The molecule has 2 amide bonds. The molecule has 1 aliphatic rings. The molecule has 0 aliphatic carbocycles. The van der Waals surface area contributed by atoms with E-state index in [1.807, 2.05) is 0 Å². The number of rotatable bonds is 3. The Balaban J connectivity index is 1.70. The molecule has 6 heteroatoms. The third-order valence-electron chi connectivity index (χ3n) is 4.21. The Morgan fingerprint density at radius 2 is 1.68 bits per heavy atom. The van der Waals surface area contributed by atoms with Crippen LogP contribution >= 0.6 is 0 Å². The number of hydrogen-bond acceptors (Lipinski definition) is 3. The van der Waals surface area contributed by atoms with Crippen LogP contribution in [0.5, 0.6) is 0 Å². The number of benzene rings is 2. The first-order valence-corrected chi connectivity index (χ1v) is 8.10. The molecule has 25 heavy (non-hydrogen) atoms. The lowest BCUT2D eigenvalue weighted by molar-refractivity contribution is 0.0303. The summed E-state index contributed by atoms with van der Waals surface area (Å²) in [5, 5.41) is 2.69. The van der Waals surface area contributed by atoms with E-state index in [4.69, 9.17) is 4.74 Å². The van der Waals surface area contributed by atoms with Crippen molar-refractivity contribution in [3.05, 3.63) is 65.0 Å². The summed E-state index contributed by atoms with van der Waals surface area (Å²) in [5.41, 5.74) is 1.75. The molecule has 1 N–H and O–H groups in total. The van der Waals surface area contributed by atoms with E-state index in [1.54, 1.807) is 48.2 Å². The van der Waals surface area contributed by atoms with E-state index >= 15 is 0 Å². The summed E-state index contributed by atoms with van der Waals surface area (Å²) in [5.74, 6) is -0.792. The third kappa shape index (κ3) is 3.85. The van der Waals surface area contributed by atoms with Crippen LogP contribution < -0.4 is 5.32 Å².